The Labute approximate surface area is 133 Å². The average Bonchev–Trinajstić information content (AvgIpc) is 3.06. The fraction of sp³-hybridized carbons (Fsp3) is 0.188. The van der Waals surface area contributed by atoms with Crippen molar-refractivity contribution in [3.63, 3.8) is 0 Å². The third kappa shape index (κ3) is 1.87. The number of benzene rings is 2. The minimum atomic E-state index is -3.50. The number of sulfonamides is 1. The zero-order valence-corrected chi connectivity index (χ0v) is 13.6. The predicted octanol–water partition coefficient (Wildman–Crippen LogP) is 3.57. The Morgan fingerprint density at radius 2 is 1.95 bits per heavy atom. The number of anilines is 1. The molecule has 2 aromatic carbocycles. The van der Waals surface area contributed by atoms with Crippen molar-refractivity contribution >= 4 is 37.8 Å². The largest absolute Gasteiger partial charge is 0.265 e. The second-order valence-corrected chi connectivity index (χ2v) is 8.00. The van der Waals surface area contributed by atoms with E-state index in [1.807, 2.05) is 36.6 Å². The van der Waals surface area contributed by atoms with Gasteiger partial charge in [0.1, 0.15) is 0 Å². The molecule has 0 spiro atoms. The first-order valence-corrected chi connectivity index (χ1v) is 9.41. The van der Waals surface area contributed by atoms with Gasteiger partial charge in [-0.15, -0.1) is 11.3 Å². The minimum absolute atomic E-state index is 0.284. The summed E-state index contributed by atoms with van der Waals surface area (Å²) in [7, 11) is -3.50. The lowest BCUT2D eigenvalue weighted by molar-refractivity contribution is 0.593. The Bertz CT molecular complexity index is 971. The molecule has 6 heteroatoms. The molecule has 0 bridgehead atoms. The summed E-state index contributed by atoms with van der Waals surface area (Å²) in [6.45, 7) is 2.33. The molecule has 1 aromatic heterocycles. The fourth-order valence-electron chi connectivity index (χ4n) is 2.86. The van der Waals surface area contributed by atoms with Crippen LogP contribution in [0, 0.1) is 0 Å². The van der Waals surface area contributed by atoms with Gasteiger partial charge >= 0.3 is 0 Å². The Kier molecular flexibility index (Phi) is 2.99. The third-order valence-corrected chi connectivity index (χ3v) is 6.73. The van der Waals surface area contributed by atoms with Crippen molar-refractivity contribution < 1.29 is 8.42 Å². The molecule has 112 valence electrons. The molecule has 3 aromatic rings. The van der Waals surface area contributed by atoms with Gasteiger partial charge in [-0.05, 0) is 23.9 Å². The number of hydrogen-bond acceptors (Lipinski definition) is 4. The van der Waals surface area contributed by atoms with Crippen LogP contribution in [-0.4, -0.2) is 13.4 Å². The molecule has 0 N–H and O–H groups in total. The standard InChI is InChI=1S/C16H14N2O2S2/c1-2-15-17-12(10-21-15)9-18-13-7-3-5-11-6-4-8-14(16(11)13)22(18,19)20/h3-8,10H,2,9H2,1H3. The number of aryl methyl sites for hydroxylation is 1. The van der Waals surface area contributed by atoms with Crippen molar-refractivity contribution in [1.29, 1.82) is 0 Å². The quantitative estimate of drug-likeness (QED) is 0.738. The number of hydrogen-bond donors (Lipinski definition) is 0. The molecule has 2 heterocycles. The molecule has 0 saturated carbocycles. The summed E-state index contributed by atoms with van der Waals surface area (Å²) in [6.07, 6.45) is 0.868. The molecule has 0 saturated heterocycles. The molecule has 0 unspecified atom stereocenters. The lowest BCUT2D eigenvalue weighted by Gasteiger charge is -2.17. The number of thiazole rings is 1. The van der Waals surface area contributed by atoms with Gasteiger partial charge in [-0.2, -0.15) is 0 Å². The molecule has 4 nitrogen and oxygen atoms in total. The van der Waals surface area contributed by atoms with Crippen molar-refractivity contribution in [2.75, 3.05) is 4.31 Å². The van der Waals surface area contributed by atoms with Gasteiger partial charge in [0.25, 0.3) is 10.0 Å². The molecule has 0 aliphatic carbocycles. The van der Waals surface area contributed by atoms with Crippen LogP contribution >= 0.6 is 11.3 Å². The van der Waals surface area contributed by atoms with E-state index >= 15 is 0 Å². The van der Waals surface area contributed by atoms with Crippen molar-refractivity contribution in [3.05, 3.63) is 52.5 Å². The summed E-state index contributed by atoms with van der Waals surface area (Å²) in [4.78, 5) is 4.89. The number of aromatic nitrogens is 1. The Morgan fingerprint density at radius 1 is 1.18 bits per heavy atom. The molecule has 0 radical (unpaired) electrons. The summed E-state index contributed by atoms with van der Waals surface area (Å²) < 4.78 is 27.2. The molecule has 0 amide bonds. The summed E-state index contributed by atoms with van der Waals surface area (Å²) >= 11 is 1.58. The van der Waals surface area contributed by atoms with Crippen LogP contribution in [0.3, 0.4) is 0 Å². The van der Waals surface area contributed by atoms with Crippen LogP contribution in [0.2, 0.25) is 0 Å². The maximum Gasteiger partial charge on any atom is 0.265 e. The van der Waals surface area contributed by atoms with Gasteiger partial charge in [0.15, 0.2) is 0 Å². The molecule has 22 heavy (non-hydrogen) atoms. The highest BCUT2D eigenvalue weighted by Gasteiger charge is 2.35. The molecule has 4 rings (SSSR count). The van der Waals surface area contributed by atoms with E-state index in [1.54, 1.807) is 23.5 Å². The monoisotopic (exact) mass is 330 g/mol. The highest BCUT2D eigenvalue weighted by atomic mass is 32.2. The van der Waals surface area contributed by atoms with Crippen molar-refractivity contribution in [3.8, 4) is 0 Å². The first-order chi connectivity index (χ1) is 10.6. The van der Waals surface area contributed by atoms with Gasteiger partial charge in [0.05, 0.1) is 27.8 Å². The first-order valence-electron chi connectivity index (χ1n) is 7.09. The normalized spacial score (nSPS) is 15.6. The Morgan fingerprint density at radius 3 is 2.68 bits per heavy atom. The summed E-state index contributed by atoms with van der Waals surface area (Å²) in [5.74, 6) is 0. The zero-order valence-electron chi connectivity index (χ0n) is 12.0. The van der Waals surface area contributed by atoms with E-state index in [1.165, 1.54) is 4.31 Å². The van der Waals surface area contributed by atoms with Crippen molar-refractivity contribution in [1.82, 2.24) is 4.98 Å². The van der Waals surface area contributed by atoms with Crippen LogP contribution in [0.5, 0.6) is 0 Å². The maximum atomic E-state index is 12.8. The zero-order chi connectivity index (χ0) is 15.3. The molecular weight excluding hydrogens is 316 g/mol. The van der Waals surface area contributed by atoms with Crippen LogP contribution in [0.4, 0.5) is 5.69 Å². The second kappa shape index (κ2) is 4.79. The van der Waals surface area contributed by atoms with Gasteiger partial charge in [0.2, 0.25) is 0 Å². The second-order valence-electron chi connectivity index (χ2n) is 5.23. The smallest absolute Gasteiger partial charge is 0.260 e. The minimum Gasteiger partial charge on any atom is -0.260 e. The van der Waals surface area contributed by atoms with E-state index in [2.05, 4.69) is 4.98 Å². The van der Waals surface area contributed by atoms with Crippen LogP contribution < -0.4 is 4.31 Å². The summed E-state index contributed by atoms with van der Waals surface area (Å²) in [6, 6.07) is 11.1. The predicted molar refractivity (Wildman–Crippen MR) is 88.8 cm³/mol. The van der Waals surface area contributed by atoms with Crippen LogP contribution in [0.25, 0.3) is 10.8 Å². The van der Waals surface area contributed by atoms with Crippen molar-refractivity contribution in [2.24, 2.45) is 0 Å². The molecule has 1 aliphatic heterocycles. The van der Waals surface area contributed by atoms with E-state index < -0.39 is 10.0 Å². The van der Waals surface area contributed by atoms with E-state index in [-0.39, 0.29) is 6.54 Å². The highest BCUT2D eigenvalue weighted by molar-refractivity contribution is 7.93. The van der Waals surface area contributed by atoms with Gasteiger partial charge in [0, 0.05) is 10.8 Å². The topological polar surface area (TPSA) is 50.3 Å². The third-order valence-electron chi connectivity index (χ3n) is 3.89. The van der Waals surface area contributed by atoms with Gasteiger partial charge < -0.3 is 0 Å². The van der Waals surface area contributed by atoms with Crippen molar-refractivity contribution in [2.45, 2.75) is 24.8 Å². The fourth-order valence-corrected chi connectivity index (χ4v) is 5.28. The number of nitrogens with zero attached hydrogens (tertiary/aromatic N) is 2. The van der Waals surface area contributed by atoms with Gasteiger partial charge in [-0.25, -0.2) is 13.4 Å². The molecule has 0 fully saturated rings. The summed E-state index contributed by atoms with van der Waals surface area (Å²) in [5, 5.41) is 4.74. The van der Waals surface area contributed by atoms with Gasteiger partial charge in [-0.3, -0.25) is 4.31 Å². The summed E-state index contributed by atoms with van der Waals surface area (Å²) in [5.41, 5.74) is 1.55. The van der Waals surface area contributed by atoms with E-state index in [0.717, 1.165) is 33.6 Å². The van der Waals surface area contributed by atoms with Gasteiger partial charge in [-0.1, -0.05) is 31.2 Å². The van der Waals surface area contributed by atoms with E-state index in [0.29, 0.717) is 4.90 Å². The van der Waals surface area contributed by atoms with E-state index in [4.69, 9.17) is 0 Å². The van der Waals surface area contributed by atoms with Crippen LogP contribution in [0.1, 0.15) is 17.6 Å². The SMILES string of the molecule is CCc1nc(CN2c3cccc4cccc(c34)S2(=O)=O)cs1. The Hall–Kier alpha value is -1.92. The lowest BCUT2D eigenvalue weighted by Crippen LogP contribution is -2.26. The Balaban J connectivity index is 1.86. The van der Waals surface area contributed by atoms with Crippen LogP contribution in [0.15, 0.2) is 46.7 Å². The lowest BCUT2D eigenvalue weighted by atomic mass is 10.1. The van der Waals surface area contributed by atoms with E-state index in [9.17, 15) is 8.42 Å². The number of rotatable bonds is 3. The molecule has 0 atom stereocenters. The first kappa shape index (κ1) is 13.7. The molecular formula is C16H14N2O2S2. The maximum absolute atomic E-state index is 12.8. The molecule has 1 aliphatic rings. The highest BCUT2D eigenvalue weighted by Crippen LogP contribution is 2.42. The van der Waals surface area contributed by atoms with Crippen LogP contribution in [-0.2, 0) is 23.0 Å². The average molecular weight is 330 g/mol.